The van der Waals surface area contributed by atoms with Crippen LogP contribution in [0.25, 0.3) is 10.9 Å². The number of rotatable bonds is 4. The summed E-state index contributed by atoms with van der Waals surface area (Å²) in [5.41, 5.74) is 2.33. The van der Waals surface area contributed by atoms with E-state index in [0.29, 0.717) is 5.69 Å². The lowest BCUT2D eigenvalue weighted by Crippen LogP contribution is -2.11. The number of aryl methyl sites for hydroxylation is 1. The van der Waals surface area contributed by atoms with E-state index in [4.69, 9.17) is 0 Å². The van der Waals surface area contributed by atoms with Gasteiger partial charge in [-0.1, -0.05) is 31.2 Å². The Morgan fingerprint density at radius 3 is 2.85 bits per heavy atom. The molecule has 0 radical (unpaired) electrons. The quantitative estimate of drug-likeness (QED) is 0.790. The van der Waals surface area contributed by atoms with E-state index in [1.54, 1.807) is 6.20 Å². The van der Waals surface area contributed by atoms with Crippen LogP contribution in [0.15, 0.2) is 48.7 Å². The van der Waals surface area contributed by atoms with Crippen LogP contribution in [0.4, 0.5) is 0 Å². The van der Waals surface area contributed by atoms with Gasteiger partial charge in [-0.05, 0) is 24.6 Å². The van der Waals surface area contributed by atoms with Gasteiger partial charge < -0.3 is 5.11 Å². The predicted molar refractivity (Wildman–Crippen MR) is 78.3 cm³/mol. The van der Waals surface area contributed by atoms with Gasteiger partial charge in [0.2, 0.25) is 0 Å². The fourth-order valence-electron chi connectivity index (χ4n) is 2.36. The number of hydrogen-bond donors (Lipinski definition) is 1. The minimum absolute atomic E-state index is 0.654. The summed E-state index contributed by atoms with van der Waals surface area (Å²) in [5.74, 6) is 0. The summed E-state index contributed by atoms with van der Waals surface area (Å²) in [6.07, 6.45) is 1.95. The summed E-state index contributed by atoms with van der Waals surface area (Å²) < 4.78 is 1.83. The van der Waals surface area contributed by atoms with E-state index in [-0.39, 0.29) is 0 Å². The molecule has 3 rings (SSSR count). The lowest BCUT2D eigenvalue weighted by atomic mass is 10.1. The molecule has 0 saturated heterocycles. The van der Waals surface area contributed by atoms with Crippen molar-refractivity contribution in [3.63, 3.8) is 0 Å². The van der Waals surface area contributed by atoms with Crippen LogP contribution in [0.2, 0.25) is 0 Å². The second-order valence-corrected chi connectivity index (χ2v) is 4.81. The zero-order valence-corrected chi connectivity index (χ0v) is 11.4. The highest BCUT2D eigenvalue weighted by atomic mass is 16.3. The maximum Gasteiger partial charge on any atom is 0.137 e. The van der Waals surface area contributed by atoms with Crippen LogP contribution in [0.3, 0.4) is 0 Å². The van der Waals surface area contributed by atoms with E-state index in [1.165, 1.54) is 0 Å². The molecule has 0 saturated carbocycles. The van der Waals surface area contributed by atoms with Crippen molar-refractivity contribution in [1.82, 2.24) is 14.8 Å². The predicted octanol–water partition coefficient (Wildman–Crippen LogP) is 2.92. The van der Waals surface area contributed by atoms with Crippen molar-refractivity contribution < 1.29 is 5.11 Å². The summed E-state index contributed by atoms with van der Waals surface area (Å²) in [5, 5.41) is 15.8. The molecule has 3 aromatic rings. The van der Waals surface area contributed by atoms with Gasteiger partial charge in [-0.25, -0.2) is 4.98 Å². The molecule has 0 spiro atoms. The normalized spacial score (nSPS) is 12.7. The second-order valence-electron chi connectivity index (χ2n) is 4.81. The van der Waals surface area contributed by atoms with Crippen molar-refractivity contribution in [1.29, 1.82) is 0 Å². The molecule has 102 valence electrons. The highest BCUT2D eigenvalue weighted by molar-refractivity contribution is 5.78. The van der Waals surface area contributed by atoms with Gasteiger partial charge in [0.15, 0.2) is 0 Å². The van der Waals surface area contributed by atoms with Crippen LogP contribution in [0, 0.1) is 0 Å². The molecular formula is C16H17N3O. The molecule has 0 fully saturated rings. The maximum absolute atomic E-state index is 10.5. The topological polar surface area (TPSA) is 50.9 Å². The van der Waals surface area contributed by atoms with Gasteiger partial charge in [-0.3, -0.25) is 4.68 Å². The number of para-hydroxylation sites is 1. The molecule has 1 N–H and O–H groups in total. The molecule has 1 aromatic carbocycles. The minimum atomic E-state index is -0.742. The Hall–Kier alpha value is -2.20. The van der Waals surface area contributed by atoms with Gasteiger partial charge >= 0.3 is 0 Å². The Balaban J connectivity index is 1.99. The zero-order valence-electron chi connectivity index (χ0n) is 11.4. The average molecular weight is 267 g/mol. The summed E-state index contributed by atoms with van der Waals surface area (Å²) in [4.78, 5) is 4.54. The first-order valence-corrected chi connectivity index (χ1v) is 6.85. The second kappa shape index (κ2) is 5.43. The van der Waals surface area contributed by atoms with Crippen molar-refractivity contribution in [3.05, 3.63) is 60.0 Å². The molecule has 2 heterocycles. The molecule has 1 atom stereocenters. The lowest BCUT2D eigenvalue weighted by molar-refractivity contribution is 0.203. The first kappa shape index (κ1) is 12.8. The average Bonchev–Trinajstić information content (AvgIpc) is 2.94. The molecule has 0 bridgehead atoms. The lowest BCUT2D eigenvalue weighted by Gasteiger charge is -2.13. The Morgan fingerprint density at radius 2 is 2.00 bits per heavy atom. The zero-order chi connectivity index (χ0) is 13.9. The van der Waals surface area contributed by atoms with Crippen LogP contribution in [0.5, 0.6) is 0 Å². The third-order valence-electron chi connectivity index (χ3n) is 3.37. The minimum Gasteiger partial charge on any atom is -0.380 e. The smallest absolute Gasteiger partial charge is 0.137 e. The fourth-order valence-corrected chi connectivity index (χ4v) is 2.36. The molecule has 4 heteroatoms. The number of aromatic nitrogens is 3. The third-order valence-corrected chi connectivity index (χ3v) is 3.37. The fraction of sp³-hybridized carbons (Fsp3) is 0.250. The number of hydrogen-bond acceptors (Lipinski definition) is 3. The van der Waals surface area contributed by atoms with Gasteiger partial charge in [0.25, 0.3) is 0 Å². The van der Waals surface area contributed by atoms with E-state index < -0.39 is 6.10 Å². The molecule has 2 aromatic heterocycles. The van der Waals surface area contributed by atoms with Crippen molar-refractivity contribution in [2.45, 2.75) is 26.0 Å². The summed E-state index contributed by atoms with van der Waals surface area (Å²) >= 11 is 0. The summed E-state index contributed by atoms with van der Waals surface area (Å²) in [6, 6.07) is 13.6. The standard InChI is InChI=1S/C16H17N3O/c1-2-11-19-15(9-10-17-19)16(20)14-8-7-12-5-3-4-6-13(12)18-14/h3-10,16,20H,2,11H2,1H3. The Morgan fingerprint density at radius 1 is 1.15 bits per heavy atom. The SMILES string of the molecule is CCCn1nccc1C(O)c1ccc2ccccc2n1. The molecule has 0 amide bonds. The number of aliphatic hydroxyl groups excluding tert-OH is 1. The van der Waals surface area contributed by atoms with Crippen LogP contribution < -0.4 is 0 Å². The van der Waals surface area contributed by atoms with Gasteiger partial charge in [0.1, 0.15) is 6.10 Å². The molecule has 0 aliphatic carbocycles. The van der Waals surface area contributed by atoms with Crippen molar-refractivity contribution in [2.75, 3.05) is 0 Å². The van der Waals surface area contributed by atoms with E-state index in [9.17, 15) is 5.11 Å². The van der Waals surface area contributed by atoms with E-state index in [0.717, 1.165) is 29.6 Å². The molecule has 0 aliphatic rings. The van der Waals surface area contributed by atoms with Crippen LogP contribution in [0.1, 0.15) is 30.8 Å². The van der Waals surface area contributed by atoms with Gasteiger partial charge in [-0.2, -0.15) is 5.10 Å². The van der Waals surface area contributed by atoms with E-state index in [2.05, 4.69) is 17.0 Å². The van der Waals surface area contributed by atoms with Crippen LogP contribution in [-0.2, 0) is 6.54 Å². The largest absolute Gasteiger partial charge is 0.380 e. The van der Waals surface area contributed by atoms with Crippen LogP contribution in [-0.4, -0.2) is 19.9 Å². The Labute approximate surface area is 117 Å². The van der Waals surface area contributed by atoms with E-state index in [1.807, 2.05) is 47.1 Å². The first-order chi connectivity index (χ1) is 9.79. The molecule has 1 unspecified atom stereocenters. The first-order valence-electron chi connectivity index (χ1n) is 6.85. The van der Waals surface area contributed by atoms with Gasteiger partial charge in [-0.15, -0.1) is 0 Å². The van der Waals surface area contributed by atoms with Crippen molar-refractivity contribution in [3.8, 4) is 0 Å². The Bertz CT molecular complexity index is 720. The van der Waals surface area contributed by atoms with Crippen molar-refractivity contribution in [2.24, 2.45) is 0 Å². The molecule has 20 heavy (non-hydrogen) atoms. The summed E-state index contributed by atoms with van der Waals surface area (Å²) in [7, 11) is 0. The highest BCUT2D eigenvalue weighted by Gasteiger charge is 2.16. The third kappa shape index (κ3) is 2.30. The number of aliphatic hydroxyl groups is 1. The van der Waals surface area contributed by atoms with Crippen LogP contribution >= 0.6 is 0 Å². The molecule has 0 aliphatic heterocycles. The monoisotopic (exact) mass is 267 g/mol. The van der Waals surface area contributed by atoms with Crippen molar-refractivity contribution >= 4 is 10.9 Å². The number of benzene rings is 1. The van der Waals surface area contributed by atoms with Gasteiger partial charge in [0.05, 0.1) is 16.9 Å². The maximum atomic E-state index is 10.5. The number of pyridine rings is 1. The van der Waals surface area contributed by atoms with E-state index >= 15 is 0 Å². The highest BCUT2D eigenvalue weighted by Crippen LogP contribution is 2.22. The number of fused-ring (bicyclic) bond motifs is 1. The molecule has 4 nitrogen and oxygen atoms in total. The molecular weight excluding hydrogens is 250 g/mol. The Kier molecular flexibility index (Phi) is 3.48. The summed E-state index contributed by atoms with van der Waals surface area (Å²) in [6.45, 7) is 2.89. The number of nitrogens with zero attached hydrogens (tertiary/aromatic N) is 3. The van der Waals surface area contributed by atoms with Gasteiger partial charge in [0, 0.05) is 18.1 Å².